The van der Waals surface area contributed by atoms with Gasteiger partial charge in [0.25, 0.3) is 0 Å². The molecular weight excluding hydrogens is 785 g/mol. The summed E-state index contributed by atoms with van der Waals surface area (Å²) in [4.78, 5) is 104. The molecular formula is C40H66N8O10S. The molecule has 0 spiro atoms. The molecule has 0 radical (unpaired) electrons. The number of nitrogens with one attached hydrogen (secondary N) is 7. The Balaban J connectivity index is 3.09. The fraction of sp³-hybridized carbons (Fsp3) is 0.650. The SMILES string of the molecule is CSCC[C@H](NC(=O)CN)C(=O)N[C@@H](CC(C)C)C(=O)N[C@@H](CO)C(=O)N[C@@H](CC(C)C)C(=O)N[C@@H](C)C(=O)N[C@@H](CC(C)C)C(=O)N[C@@H](Cc1ccccc1)C(=O)O. The maximum Gasteiger partial charge on any atom is 0.326 e. The molecule has 11 N–H and O–H groups in total. The highest BCUT2D eigenvalue weighted by Crippen LogP contribution is 2.11. The molecule has 0 aliphatic heterocycles. The quantitative estimate of drug-likeness (QED) is 0.0540. The number of hydrogen-bond donors (Lipinski definition) is 10. The predicted octanol–water partition coefficient (Wildman–Crippen LogP) is -0.430. The molecule has 0 aliphatic rings. The van der Waals surface area contributed by atoms with Crippen LogP contribution < -0.4 is 43.0 Å². The van der Waals surface area contributed by atoms with Gasteiger partial charge in [0.1, 0.15) is 42.3 Å². The number of carboxylic acids is 1. The van der Waals surface area contributed by atoms with E-state index in [0.29, 0.717) is 11.3 Å². The van der Waals surface area contributed by atoms with Crippen LogP contribution in [0.3, 0.4) is 0 Å². The van der Waals surface area contributed by atoms with Gasteiger partial charge in [0.05, 0.1) is 13.2 Å². The van der Waals surface area contributed by atoms with Crippen LogP contribution in [0.4, 0.5) is 0 Å². The zero-order valence-electron chi connectivity index (χ0n) is 35.5. The van der Waals surface area contributed by atoms with Crippen molar-refractivity contribution in [1.29, 1.82) is 0 Å². The van der Waals surface area contributed by atoms with Crippen molar-refractivity contribution in [2.45, 2.75) is 123 Å². The van der Waals surface area contributed by atoms with E-state index in [-0.39, 0.29) is 56.4 Å². The Morgan fingerprint density at radius 1 is 0.576 bits per heavy atom. The van der Waals surface area contributed by atoms with Crippen molar-refractivity contribution in [2.24, 2.45) is 23.5 Å². The van der Waals surface area contributed by atoms with Crippen molar-refractivity contribution in [3.63, 3.8) is 0 Å². The lowest BCUT2D eigenvalue weighted by Crippen LogP contribution is -2.60. The van der Waals surface area contributed by atoms with Gasteiger partial charge in [-0.25, -0.2) is 4.79 Å². The lowest BCUT2D eigenvalue weighted by atomic mass is 10.0. The molecule has 0 unspecified atom stereocenters. The molecule has 0 aromatic heterocycles. The van der Waals surface area contributed by atoms with Crippen molar-refractivity contribution >= 4 is 59.1 Å². The molecule has 0 fully saturated rings. The maximum atomic E-state index is 13.6. The minimum Gasteiger partial charge on any atom is -0.480 e. The monoisotopic (exact) mass is 850 g/mol. The number of carboxylic acid groups (broad SMARTS) is 1. The lowest BCUT2D eigenvalue weighted by Gasteiger charge is -2.27. The number of aliphatic hydroxyl groups excluding tert-OH is 1. The summed E-state index contributed by atoms with van der Waals surface area (Å²) in [5, 5.41) is 37.8. The third-order valence-corrected chi connectivity index (χ3v) is 9.58. The Labute approximate surface area is 351 Å². The molecule has 1 aromatic rings. The van der Waals surface area contributed by atoms with Crippen LogP contribution in [-0.2, 0) is 44.8 Å². The van der Waals surface area contributed by atoms with E-state index >= 15 is 0 Å². The normalized spacial score (nSPS) is 14.8. The van der Waals surface area contributed by atoms with Crippen LogP contribution in [0, 0.1) is 17.8 Å². The maximum absolute atomic E-state index is 13.6. The molecule has 0 saturated carbocycles. The van der Waals surface area contributed by atoms with Gasteiger partial charge in [-0.3, -0.25) is 33.6 Å². The molecule has 0 heterocycles. The summed E-state index contributed by atoms with van der Waals surface area (Å²) in [6, 6.07) is 0.281. The molecule has 18 nitrogen and oxygen atoms in total. The number of amides is 7. The molecule has 0 saturated heterocycles. The van der Waals surface area contributed by atoms with Crippen molar-refractivity contribution in [2.75, 3.05) is 25.2 Å². The van der Waals surface area contributed by atoms with E-state index < -0.39 is 96.2 Å². The third kappa shape index (κ3) is 20.2. The second kappa shape index (κ2) is 27.1. The first kappa shape index (κ1) is 52.3. The van der Waals surface area contributed by atoms with Crippen LogP contribution in [0.25, 0.3) is 0 Å². The van der Waals surface area contributed by atoms with Gasteiger partial charge in [0, 0.05) is 6.42 Å². The summed E-state index contributed by atoms with van der Waals surface area (Å²) in [7, 11) is 0. The fourth-order valence-electron chi connectivity index (χ4n) is 5.88. The smallest absolute Gasteiger partial charge is 0.326 e. The van der Waals surface area contributed by atoms with E-state index in [1.165, 1.54) is 18.7 Å². The Kier molecular flexibility index (Phi) is 24.0. The van der Waals surface area contributed by atoms with Gasteiger partial charge in [-0.05, 0) is 67.9 Å². The van der Waals surface area contributed by atoms with Crippen LogP contribution >= 0.6 is 11.8 Å². The van der Waals surface area contributed by atoms with Crippen LogP contribution in [0.1, 0.15) is 79.7 Å². The van der Waals surface area contributed by atoms with Crippen LogP contribution in [0.2, 0.25) is 0 Å². The molecule has 7 amide bonds. The van der Waals surface area contributed by atoms with Crippen molar-refractivity contribution < 1.29 is 48.6 Å². The number of rotatable bonds is 27. The summed E-state index contributed by atoms with van der Waals surface area (Å²) in [6.45, 7) is 11.1. The van der Waals surface area contributed by atoms with Gasteiger partial charge in [-0.15, -0.1) is 0 Å². The lowest BCUT2D eigenvalue weighted by molar-refractivity contribution is -0.142. The van der Waals surface area contributed by atoms with Gasteiger partial charge in [-0.2, -0.15) is 11.8 Å². The number of carbonyl (C=O) groups excluding carboxylic acids is 7. The average Bonchev–Trinajstić information content (AvgIpc) is 3.16. The molecule has 332 valence electrons. The van der Waals surface area contributed by atoms with Gasteiger partial charge in [0.2, 0.25) is 41.4 Å². The minimum absolute atomic E-state index is 0.0189. The number of aliphatic hydroxyl groups is 1. The van der Waals surface area contributed by atoms with E-state index in [0.717, 1.165) is 0 Å². The molecule has 1 rings (SSSR count). The van der Waals surface area contributed by atoms with Crippen molar-refractivity contribution in [3.05, 3.63) is 35.9 Å². The number of thioether (sulfide) groups is 1. The van der Waals surface area contributed by atoms with E-state index in [9.17, 15) is 48.6 Å². The first-order chi connectivity index (χ1) is 27.7. The Morgan fingerprint density at radius 2 is 0.983 bits per heavy atom. The van der Waals surface area contributed by atoms with Crippen molar-refractivity contribution in [1.82, 2.24) is 37.2 Å². The summed E-state index contributed by atoms with van der Waals surface area (Å²) in [6.07, 6.45) is 2.55. The zero-order valence-corrected chi connectivity index (χ0v) is 36.3. The zero-order chi connectivity index (χ0) is 44.8. The van der Waals surface area contributed by atoms with E-state index in [4.69, 9.17) is 5.73 Å². The summed E-state index contributed by atoms with van der Waals surface area (Å²) in [5.41, 5.74) is 6.11. The number of carbonyl (C=O) groups is 8. The van der Waals surface area contributed by atoms with Crippen LogP contribution in [-0.4, -0.2) is 125 Å². The molecule has 0 bridgehead atoms. The van der Waals surface area contributed by atoms with Crippen LogP contribution in [0.15, 0.2) is 30.3 Å². The van der Waals surface area contributed by atoms with E-state index in [1.54, 1.807) is 44.2 Å². The molecule has 19 heteroatoms. The summed E-state index contributed by atoms with van der Waals surface area (Å²) in [5.74, 6) is -6.08. The largest absolute Gasteiger partial charge is 0.480 e. The first-order valence-corrected chi connectivity index (χ1v) is 21.3. The van der Waals surface area contributed by atoms with Gasteiger partial charge < -0.3 is 53.2 Å². The number of aliphatic carboxylic acids is 1. The highest BCUT2D eigenvalue weighted by Gasteiger charge is 2.33. The average molecular weight is 851 g/mol. The minimum atomic E-state index is -1.53. The highest BCUT2D eigenvalue weighted by atomic mass is 32.2. The number of benzene rings is 1. The molecule has 1 aromatic carbocycles. The molecule has 7 atom stereocenters. The number of nitrogens with two attached hydrogens (primary N) is 1. The van der Waals surface area contributed by atoms with Gasteiger partial charge in [0.15, 0.2) is 0 Å². The first-order valence-electron chi connectivity index (χ1n) is 19.9. The van der Waals surface area contributed by atoms with E-state index in [2.05, 4.69) is 37.2 Å². The standard InChI is InChI=1S/C40H66N8O10S/c1-22(2)16-28(46-39(56)32(21-49)48-38(55)30(18-24(5)6)45-35(52)27(14-15-59-8)43-33(50)20-41)36(53)42-25(7)34(51)44-29(17-23(3)4)37(54)47-31(40(57)58)19-26-12-10-9-11-13-26/h9-13,22-25,27-32,49H,14-21,41H2,1-8H3,(H,42,53)(H,43,50)(H,44,51)(H,45,52)(H,46,56)(H,47,54)(H,48,55)(H,57,58)/t25-,27-,28-,29-,30-,31-,32-/m0/s1. The summed E-state index contributed by atoms with van der Waals surface area (Å²) < 4.78 is 0. The highest BCUT2D eigenvalue weighted by molar-refractivity contribution is 7.98. The topological polar surface area (TPSA) is 287 Å². The predicted molar refractivity (Wildman–Crippen MR) is 224 cm³/mol. The second-order valence-electron chi connectivity index (χ2n) is 15.7. The van der Waals surface area contributed by atoms with E-state index in [1.807, 2.05) is 34.0 Å². The number of hydrogen-bond acceptors (Lipinski definition) is 11. The Hall–Kier alpha value is -4.75. The van der Waals surface area contributed by atoms with Gasteiger partial charge >= 0.3 is 5.97 Å². The third-order valence-electron chi connectivity index (χ3n) is 8.93. The molecule has 59 heavy (non-hydrogen) atoms. The Bertz CT molecular complexity index is 1550. The summed E-state index contributed by atoms with van der Waals surface area (Å²) >= 11 is 1.46. The van der Waals surface area contributed by atoms with Gasteiger partial charge in [-0.1, -0.05) is 71.9 Å². The molecule has 0 aliphatic carbocycles. The van der Waals surface area contributed by atoms with Crippen molar-refractivity contribution in [3.8, 4) is 0 Å². The second-order valence-corrected chi connectivity index (χ2v) is 16.7. The van der Waals surface area contributed by atoms with Crippen LogP contribution in [0.5, 0.6) is 0 Å². The fourth-order valence-corrected chi connectivity index (χ4v) is 6.35. The Morgan fingerprint density at radius 3 is 1.41 bits per heavy atom.